The van der Waals surface area contributed by atoms with Crippen LogP contribution in [-0.2, 0) is 23.7 Å². The quantitative estimate of drug-likeness (QED) is 0.108. The Morgan fingerprint density at radius 3 is 2.20 bits per heavy atom. The lowest BCUT2D eigenvalue weighted by Crippen LogP contribution is -2.69. The molecule has 3 fully saturated rings. The first-order chi connectivity index (χ1) is 18.9. The molecule has 0 aromatic carbocycles. The molecule has 8 unspecified atom stereocenters. The molecule has 2 heterocycles. The van der Waals surface area contributed by atoms with Gasteiger partial charge in [-0.2, -0.15) is 0 Å². The van der Waals surface area contributed by atoms with Crippen molar-refractivity contribution in [3.05, 3.63) is 0 Å². The van der Waals surface area contributed by atoms with Crippen LogP contribution in [0.4, 0.5) is 0 Å². The first-order valence-corrected chi connectivity index (χ1v) is 13.6. The highest BCUT2D eigenvalue weighted by molar-refractivity contribution is 5.80. The molecule has 1 amide bonds. The monoisotopic (exact) mass is 581 g/mol. The Kier molecular flexibility index (Phi) is 12.4. The molecule has 2 saturated heterocycles. The maximum absolute atomic E-state index is 12.6. The van der Waals surface area contributed by atoms with Gasteiger partial charge in [-0.3, -0.25) is 4.79 Å². The normalized spacial score (nSPS) is 44.1. The Bertz CT molecular complexity index is 805. The predicted molar refractivity (Wildman–Crippen MR) is 139 cm³/mol. The van der Waals surface area contributed by atoms with Crippen molar-refractivity contribution in [1.82, 2.24) is 5.32 Å². The molecule has 0 radical (unpaired) electrons. The van der Waals surface area contributed by atoms with Crippen LogP contribution in [-0.4, -0.2) is 143 Å². The van der Waals surface area contributed by atoms with Crippen molar-refractivity contribution >= 4 is 5.91 Å². The van der Waals surface area contributed by atoms with Gasteiger partial charge >= 0.3 is 0 Å². The van der Waals surface area contributed by atoms with E-state index >= 15 is 0 Å². The smallest absolute Gasteiger partial charge is 0.249 e. The fraction of sp³-hybridized carbons (Fsp3) is 0.957. The number of carbonyl (C=O) groups is 1. The minimum absolute atomic E-state index is 0.00208. The second-order valence-corrected chi connectivity index (χ2v) is 10.7. The summed E-state index contributed by atoms with van der Waals surface area (Å²) in [6.07, 6.45) is -12.7. The Morgan fingerprint density at radius 2 is 1.57 bits per heavy atom. The van der Waals surface area contributed by atoms with Crippen molar-refractivity contribution in [3.63, 3.8) is 0 Å². The van der Waals surface area contributed by atoms with Crippen molar-refractivity contribution in [3.8, 4) is 0 Å². The van der Waals surface area contributed by atoms with E-state index in [1.165, 1.54) is 0 Å². The molecule has 1 aliphatic carbocycles. The van der Waals surface area contributed by atoms with E-state index in [1.54, 1.807) is 0 Å². The highest BCUT2D eigenvalue weighted by Gasteiger charge is 2.52. The van der Waals surface area contributed by atoms with Gasteiger partial charge in [0.05, 0.1) is 30.3 Å². The van der Waals surface area contributed by atoms with Gasteiger partial charge in [0.1, 0.15) is 42.7 Å². The summed E-state index contributed by atoms with van der Waals surface area (Å²) in [4.78, 5) is 12.6. The molecule has 3 aliphatic rings. The summed E-state index contributed by atoms with van der Waals surface area (Å²) in [5.41, 5.74) is 35.2. The summed E-state index contributed by atoms with van der Waals surface area (Å²) in [6, 6.07) is -3.68. The summed E-state index contributed by atoms with van der Waals surface area (Å²) in [6.45, 7) is 0.0166. The van der Waals surface area contributed by atoms with Crippen LogP contribution in [0, 0.1) is 0 Å². The topological polar surface area (TPSA) is 323 Å². The second kappa shape index (κ2) is 14.9. The fourth-order valence-corrected chi connectivity index (χ4v) is 5.28. The Hall–Kier alpha value is -1.13. The second-order valence-electron chi connectivity index (χ2n) is 10.7. The van der Waals surface area contributed by atoms with Crippen LogP contribution in [0.1, 0.15) is 25.7 Å². The maximum Gasteiger partial charge on any atom is 0.249 e. The van der Waals surface area contributed by atoms with Gasteiger partial charge in [0.2, 0.25) is 5.91 Å². The molecule has 234 valence electrons. The Morgan fingerprint density at radius 1 is 0.900 bits per heavy atom. The maximum atomic E-state index is 12.6. The number of nitrogens with one attached hydrogen (secondary N) is 1. The highest BCUT2D eigenvalue weighted by atomic mass is 16.7. The van der Waals surface area contributed by atoms with Crippen molar-refractivity contribution in [1.29, 1.82) is 0 Å². The number of amides is 1. The SMILES string of the molecule is NCC[C@H](O)C(=O)N[C@@H]1CC(N)C(O[C@@H]2OC(CN)CCC2N)C(O)[C@@H]1O[C@@H]1OC(C(O)CN)[C@H](O)[C@H](N)C1O. The summed E-state index contributed by atoms with van der Waals surface area (Å²) in [7, 11) is 0. The minimum atomic E-state index is -1.60. The number of rotatable bonds is 11. The molecule has 40 heavy (non-hydrogen) atoms. The fourth-order valence-electron chi connectivity index (χ4n) is 5.28. The Labute approximate surface area is 232 Å². The van der Waals surface area contributed by atoms with Crippen LogP contribution in [0.2, 0.25) is 0 Å². The van der Waals surface area contributed by atoms with Gasteiger partial charge in [0, 0.05) is 19.1 Å². The average Bonchev–Trinajstić information content (AvgIpc) is 2.93. The number of nitrogens with two attached hydrogens (primary N) is 6. The summed E-state index contributed by atoms with van der Waals surface area (Å²) in [5.74, 6) is -0.778. The zero-order valence-corrected chi connectivity index (χ0v) is 22.4. The molecule has 0 bridgehead atoms. The highest BCUT2D eigenvalue weighted by Crippen LogP contribution is 2.32. The number of aliphatic hydroxyl groups excluding tert-OH is 5. The third-order valence-electron chi connectivity index (χ3n) is 7.75. The van der Waals surface area contributed by atoms with Gasteiger partial charge in [-0.05, 0) is 32.2 Å². The number of ether oxygens (including phenoxy) is 4. The van der Waals surface area contributed by atoms with Gasteiger partial charge in [0.25, 0.3) is 0 Å². The van der Waals surface area contributed by atoms with E-state index in [0.717, 1.165) is 0 Å². The molecule has 0 spiro atoms. The van der Waals surface area contributed by atoms with E-state index in [4.69, 9.17) is 53.3 Å². The third-order valence-corrected chi connectivity index (χ3v) is 7.75. The number of aliphatic hydroxyl groups is 5. The van der Waals surface area contributed by atoms with Gasteiger partial charge in [-0.15, -0.1) is 0 Å². The minimum Gasteiger partial charge on any atom is -0.389 e. The van der Waals surface area contributed by atoms with Crippen molar-refractivity contribution in [2.24, 2.45) is 34.4 Å². The van der Waals surface area contributed by atoms with E-state index in [2.05, 4.69) is 5.32 Å². The van der Waals surface area contributed by atoms with Crippen LogP contribution < -0.4 is 39.7 Å². The van der Waals surface area contributed by atoms with Crippen LogP contribution in [0.3, 0.4) is 0 Å². The summed E-state index contributed by atoms with van der Waals surface area (Å²) in [5, 5.41) is 55.5. The first kappa shape index (κ1) is 33.4. The largest absolute Gasteiger partial charge is 0.389 e. The number of hydrogen-bond donors (Lipinski definition) is 12. The van der Waals surface area contributed by atoms with Crippen molar-refractivity contribution < 1.29 is 49.3 Å². The van der Waals surface area contributed by atoms with Gasteiger partial charge in [0.15, 0.2) is 12.6 Å². The zero-order chi connectivity index (χ0) is 29.7. The molecule has 15 atom stereocenters. The van der Waals surface area contributed by atoms with E-state index in [0.29, 0.717) is 12.8 Å². The lowest BCUT2D eigenvalue weighted by molar-refractivity contribution is -0.319. The van der Waals surface area contributed by atoms with Crippen LogP contribution in [0.15, 0.2) is 0 Å². The molecular formula is C23H47N7O10. The van der Waals surface area contributed by atoms with Crippen molar-refractivity contribution in [2.45, 2.75) is 117 Å². The molecule has 1 saturated carbocycles. The van der Waals surface area contributed by atoms with Crippen LogP contribution in [0.5, 0.6) is 0 Å². The zero-order valence-electron chi connectivity index (χ0n) is 22.4. The van der Waals surface area contributed by atoms with Crippen LogP contribution >= 0.6 is 0 Å². The number of carbonyl (C=O) groups excluding carboxylic acids is 1. The molecule has 18 N–H and O–H groups in total. The van der Waals surface area contributed by atoms with Crippen LogP contribution in [0.25, 0.3) is 0 Å². The number of hydrogen-bond acceptors (Lipinski definition) is 16. The van der Waals surface area contributed by atoms with E-state index in [9.17, 15) is 30.3 Å². The average molecular weight is 582 g/mol. The first-order valence-electron chi connectivity index (χ1n) is 13.6. The van der Waals surface area contributed by atoms with E-state index in [1.807, 2.05) is 0 Å². The summed E-state index contributed by atoms with van der Waals surface area (Å²) < 4.78 is 23.5. The van der Waals surface area contributed by atoms with E-state index in [-0.39, 0.29) is 38.6 Å². The van der Waals surface area contributed by atoms with E-state index < -0.39 is 91.5 Å². The van der Waals surface area contributed by atoms with Gasteiger partial charge in [-0.25, -0.2) is 0 Å². The molecular weight excluding hydrogens is 534 g/mol. The Balaban J connectivity index is 1.85. The van der Waals surface area contributed by atoms with Gasteiger partial charge in [-0.1, -0.05) is 0 Å². The summed E-state index contributed by atoms with van der Waals surface area (Å²) >= 11 is 0. The molecule has 17 nitrogen and oxygen atoms in total. The van der Waals surface area contributed by atoms with Crippen molar-refractivity contribution in [2.75, 3.05) is 19.6 Å². The molecule has 17 heteroatoms. The lowest BCUT2D eigenvalue weighted by atomic mass is 9.83. The molecule has 0 aromatic rings. The lowest BCUT2D eigenvalue weighted by Gasteiger charge is -2.48. The predicted octanol–water partition coefficient (Wildman–Crippen LogP) is -7.07. The van der Waals surface area contributed by atoms with Gasteiger partial charge < -0.3 is 84.2 Å². The third kappa shape index (κ3) is 7.63. The molecule has 2 aliphatic heterocycles. The standard InChI is InChI=1S/C23H47N7O10/c24-4-3-12(31)21(36)30-11-5-10(28)18(38-22-9(27)2-1-8(6-25)37-22)17(35)19(11)39-23-16(34)14(29)15(33)20(40-23)13(32)7-26/h8-20,22-23,31-35H,1-7,24-29H2,(H,30,36)/t8?,9?,10?,11-,12+,13?,14+,15-,16?,17?,18?,19-,20?,22+,23-/m1/s1. The molecule has 0 aromatic heterocycles. The molecule has 3 rings (SSSR count).